The van der Waals surface area contributed by atoms with Crippen molar-refractivity contribution in [3.8, 4) is 17.2 Å². The number of hydrogen-bond acceptors (Lipinski definition) is 7. The number of nitrogens with zero attached hydrogens (tertiary/aromatic N) is 2. The first-order valence-corrected chi connectivity index (χ1v) is 11.3. The van der Waals surface area contributed by atoms with Crippen LogP contribution in [0.25, 0.3) is 17.5 Å². The minimum atomic E-state index is -0.312. The molecule has 34 heavy (non-hydrogen) atoms. The molecule has 0 radical (unpaired) electrons. The Balaban J connectivity index is 1.77. The molecule has 0 spiro atoms. The molecule has 1 N–H and O–H groups in total. The van der Waals surface area contributed by atoms with Crippen molar-refractivity contribution in [2.24, 2.45) is 0 Å². The van der Waals surface area contributed by atoms with E-state index in [9.17, 15) is 14.7 Å². The van der Waals surface area contributed by atoms with E-state index in [0.29, 0.717) is 34.2 Å². The smallest absolute Gasteiger partial charge is 0.325 e. The van der Waals surface area contributed by atoms with Gasteiger partial charge in [0, 0.05) is 29.2 Å². The highest BCUT2D eigenvalue weighted by molar-refractivity contribution is 6.30. The van der Waals surface area contributed by atoms with E-state index in [4.69, 9.17) is 20.8 Å². The normalized spacial score (nSPS) is 11.2. The molecule has 0 aliphatic heterocycles. The van der Waals surface area contributed by atoms with Gasteiger partial charge in [-0.1, -0.05) is 25.4 Å². The van der Waals surface area contributed by atoms with Crippen LogP contribution in [0.4, 0.5) is 5.69 Å². The first kappa shape index (κ1) is 25.1. The summed E-state index contributed by atoms with van der Waals surface area (Å²) in [6, 6.07) is 11.6. The van der Waals surface area contributed by atoms with Crippen LogP contribution < -0.4 is 4.90 Å². The van der Waals surface area contributed by atoms with E-state index < -0.39 is 0 Å². The molecule has 0 bridgehead atoms. The van der Waals surface area contributed by atoms with Crippen LogP contribution in [0.5, 0.6) is 5.75 Å². The summed E-state index contributed by atoms with van der Waals surface area (Å²) in [5.41, 5.74) is 2.22. The van der Waals surface area contributed by atoms with Gasteiger partial charge in [0.15, 0.2) is 5.78 Å². The molecule has 0 amide bonds. The fourth-order valence-electron chi connectivity index (χ4n) is 3.30. The highest BCUT2D eigenvalue weighted by Crippen LogP contribution is 2.34. The largest absolute Gasteiger partial charge is 0.507 e. The lowest BCUT2D eigenvalue weighted by Gasteiger charge is -2.18. The molecular formula is C26H27ClN2O5. The lowest BCUT2D eigenvalue weighted by atomic mass is 10.1. The molecule has 1 heterocycles. The number of esters is 1. The SMILES string of the molecule is CCOC(=O)CN(C)c1ccc(C(=O)C=Cc2nc(-c3ccc(Cl)cc3O)oc2C(C)C)cc1. The quantitative estimate of drug-likeness (QED) is 0.237. The van der Waals surface area contributed by atoms with Crippen LogP contribution in [-0.4, -0.2) is 42.0 Å². The molecule has 7 nitrogen and oxygen atoms in total. The van der Waals surface area contributed by atoms with Crippen LogP contribution in [0.15, 0.2) is 53.0 Å². The second-order valence-corrected chi connectivity index (χ2v) is 8.43. The van der Waals surface area contributed by atoms with E-state index in [1.54, 1.807) is 61.3 Å². The van der Waals surface area contributed by atoms with E-state index in [1.165, 1.54) is 12.1 Å². The summed E-state index contributed by atoms with van der Waals surface area (Å²) < 4.78 is 10.9. The number of phenols is 1. The Morgan fingerprint density at radius 1 is 1.21 bits per heavy atom. The molecule has 0 saturated carbocycles. The van der Waals surface area contributed by atoms with E-state index in [0.717, 1.165) is 5.69 Å². The number of benzene rings is 2. The molecule has 0 aliphatic rings. The van der Waals surface area contributed by atoms with Crippen molar-refractivity contribution in [1.29, 1.82) is 0 Å². The highest BCUT2D eigenvalue weighted by atomic mass is 35.5. The first-order chi connectivity index (χ1) is 16.2. The first-order valence-electron chi connectivity index (χ1n) is 10.9. The summed E-state index contributed by atoms with van der Waals surface area (Å²) in [6.45, 7) is 6.13. The number of allylic oxidation sites excluding steroid dienone is 1. The van der Waals surface area contributed by atoms with Crippen molar-refractivity contribution in [3.63, 3.8) is 0 Å². The maximum atomic E-state index is 12.7. The molecule has 178 valence electrons. The summed E-state index contributed by atoms with van der Waals surface area (Å²) >= 11 is 5.91. The standard InChI is InChI=1S/C26H27ClN2O5/c1-5-33-24(32)15-29(4)19-9-6-17(7-10-19)22(30)13-12-21-25(16(2)3)34-26(28-21)20-11-8-18(27)14-23(20)31/h6-14,16,31H,5,15H2,1-4H3. The lowest BCUT2D eigenvalue weighted by molar-refractivity contribution is -0.141. The number of carbonyl (C=O) groups is 2. The maximum absolute atomic E-state index is 12.7. The van der Waals surface area contributed by atoms with Gasteiger partial charge >= 0.3 is 5.97 Å². The Hall–Kier alpha value is -3.58. The van der Waals surface area contributed by atoms with Gasteiger partial charge in [0.05, 0.1) is 12.2 Å². The number of halogens is 1. The number of likely N-dealkylation sites (N-methyl/N-ethyl adjacent to an activating group) is 1. The van der Waals surface area contributed by atoms with Gasteiger partial charge in [-0.15, -0.1) is 0 Å². The van der Waals surface area contributed by atoms with Crippen LogP contribution in [0.3, 0.4) is 0 Å². The summed E-state index contributed by atoms with van der Waals surface area (Å²) in [6.07, 6.45) is 3.05. The summed E-state index contributed by atoms with van der Waals surface area (Å²) in [7, 11) is 1.78. The third-order valence-electron chi connectivity index (χ3n) is 5.05. The Bertz CT molecular complexity index is 1200. The number of hydrogen-bond donors (Lipinski definition) is 1. The lowest BCUT2D eigenvalue weighted by Crippen LogP contribution is -2.27. The number of carbonyl (C=O) groups excluding carboxylic acids is 2. The minimum absolute atomic E-state index is 0.0136. The van der Waals surface area contributed by atoms with Gasteiger partial charge in [0.2, 0.25) is 5.89 Å². The van der Waals surface area contributed by atoms with E-state index in [2.05, 4.69) is 4.98 Å². The molecule has 3 rings (SSSR count). The van der Waals surface area contributed by atoms with E-state index in [1.807, 2.05) is 13.8 Å². The Morgan fingerprint density at radius 2 is 1.91 bits per heavy atom. The molecule has 3 aromatic rings. The molecule has 0 unspecified atom stereocenters. The van der Waals surface area contributed by atoms with Crippen LogP contribution in [-0.2, 0) is 9.53 Å². The topological polar surface area (TPSA) is 92.9 Å². The average molecular weight is 483 g/mol. The predicted octanol–water partition coefficient (Wildman–Crippen LogP) is 5.72. The van der Waals surface area contributed by atoms with Crippen LogP contribution in [0, 0.1) is 0 Å². The van der Waals surface area contributed by atoms with Gasteiger partial charge in [-0.05, 0) is 61.5 Å². The number of aromatic nitrogens is 1. The van der Waals surface area contributed by atoms with Gasteiger partial charge < -0.3 is 19.2 Å². The summed E-state index contributed by atoms with van der Waals surface area (Å²) in [4.78, 5) is 30.6. The fourth-order valence-corrected chi connectivity index (χ4v) is 3.47. The predicted molar refractivity (Wildman–Crippen MR) is 132 cm³/mol. The zero-order valence-corrected chi connectivity index (χ0v) is 20.3. The van der Waals surface area contributed by atoms with Gasteiger partial charge in [0.1, 0.15) is 23.7 Å². The third-order valence-corrected chi connectivity index (χ3v) is 5.29. The number of aromatic hydroxyl groups is 1. The molecule has 0 atom stereocenters. The zero-order chi connectivity index (χ0) is 24.8. The summed E-state index contributed by atoms with van der Waals surface area (Å²) in [5.74, 6) is 0.313. The molecule has 0 saturated heterocycles. The van der Waals surface area contributed by atoms with Crippen LogP contribution >= 0.6 is 11.6 Å². The molecule has 2 aromatic carbocycles. The van der Waals surface area contributed by atoms with Crippen molar-refractivity contribution < 1.29 is 23.8 Å². The number of rotatable bonds is 9. The highest BCUT2D eigenvalue weighted by Gasteiger charge is 2.18. The number of ether oxygens (including phenoxy) is 1. The van der Waals surface area contributed by atoms with Crippen LogP contribution in [0.1, 0.15) is 48.5 Å². The van der Waals surface area contributed by atoms with Crippen molar-refractivity contribution in [2.75, 3.05) is 25.1 Å². The molecule has 0 fully saturated rings. The van der Waals surface area contributed by atoms with Crippen LogP contribution in [0.2, 0.25) is 5.02 Å². The van der Waals surface area contributed by atoms with Gasteiger partial charge in [0.25, 0.3) is 0 Å². The number of phenolic OH excluding ortho intramolecular Hbond substituents is 1. The summed E-state index contributed by atoms with van der Waals surface area (Å²) in [5, 5.41) is 10.6. The van der Waals surface area contributed by atoms with Gasteiger partial charge in [-0.2, -0.15) is 0 Å². The fraction of sp³-hybridized carbons (Fsp3) is 0.269. The minimum Gasteiger partial charge on any atom is -0.507 e. The van der Waals surface area contributed by atoms with Crippen molar-refractivity contribution in [2.45, 2.75) is 26.7 Å². The number of oxazole rings is 1. The number of anilines is 1. The third kappa shape index (κ3) is 6.05. The van der Waals surface area contributed by atoms with Crippen molar-refractivity contribution in [1.82, 2.24) is 4.98 Å². The van der Waals surface area contributed by atoms with E-state index in [-0.39, 0.29) is 35.9 Å². The second-order valence-electron chi connectivity index (χ2n) is 7.99. The Labute approximate surface area is 203 Å². The molecular weight excluding hydrogens is 456 g/mol. The second kappa shape index (κ2) is 11.0. The van der Waals surface area contributed by atoms with Crippen molar-refractivity contribution >= 4 is 35.1 Å². The van der Waals surface area contributed by atoms with Gasteiger partial charge in [-0.25, -0.2) is 4.98 Å². The van der Waals surface area contributed by atoms with E-state index >= 15 is 0 Å². The van der Waals surface area contributed by atoms with Crippen molar-refractivity contribution in [3.05, 3.63) is 70.6 Å². The van der Waals surface area contributed by atoms with Gasteiger partial charge in [-0.3, -0.25) is 9.59 Å². The average Bonchev–Trinajstić information content (AvgIpc) is 3.22. The molecule has 8 heteroatoms. The monoisotopic (exact) mass is 482 g/mol. The maximum Gasteiger partial charge on any atom is 0.325 e. The molecule has 1 aromatic heterocycles. The zero-order valence-electron chi connectivity index (χ0n) is 19.5. The Kier molecular flexibility index (Phi) is 8.12. The number of ketones is 1. The molecule has 0 aliphatic carbocycles. The Morgan fingerprint density at radius 3 is 2.53 bits per heavy atom.